The molecular formula is C15H9ClF4N4O. The van der Waals surface area contributed by atoms with Gasteiger partial charge in [0.2, 0.25) is 5.28 Å². The molecule has 0 bridgehead atoms. The van der Waals surface area contributed by atoms with E-state index in [2.05, 4.69) is 24.7 Å². The predicted molar refractivity (Wildman–Crippen MR) is 81.7 cm³/mol. The van der Waals surface area contributed by atoms with Crippen LogP contribution in [0, 0.1) is 19.7 Å². The summed E-state index contributed by atoms with van der Waals surface area (Å²) in [5.41, 5.74) is 1.48. The van der Waals surface area contributed by atoms with E-state index in [4.69, 9.17) is 11.6 Å². The van der Waals surface area contributed by atoms with E-state index >= 15 is 0 Å². The molecule has 0 radical (unpaired) electrons. The molecule has 3 aromatic rings. The van der Waals surface area contributed by atoms with E-state index in [1.165, 1.54) is 0 Å². The molecule has 130 valence electrons. The standard InChI is InChI=1S/C15H9ClF4N4O/c1-6-7(2)22-13-12(21-6)11(23-14(16)24-13)9-4-3-8(5-10(9)17)25-15(18,19)20/h3-5H,1-2H3. The number of nitrogens with zero attached hydrogens (tertiary/aromatic N) is 4. The number of alkyl halides is 3. The first-order valence-electron chi connectivity index (χ1n) is 6.88. The van der Waals surface area contributed by atoms with E-state index in [-0.39, 0.29) is 27.7 Å². The van der Waals surface area contributed by atoms with Gasteiger partial charge >= 0.3 is 6.36 Å². The maximum absolute atomic E-state index is 14.4. The number of hydrogen-bond acceptors (Lipinski definition) is 5. The molecule has 1 aromatic carbocycles. The Bertz CT molecular complexity index is 978. The Labute approximate surface area is 143 Å². The Morgan fingerprint density at radius 2 is 1.68 bits per heavy atom. The maximum atomic E-state index is 14.4. The van der Waals surface area contributed by atoms with Crippen molar-refractivity contribution in [2.24, 2.45) is 0 Å². The monoisotopic (exact) mass is 372 g/mol. The van der Waals surface area contributed by atoms with Crippen LogP contribution in [0.5, 0.6) is 5.75 Å². The molecule has 0 spiro atoms. The van der Waals surface area contributed by atoms with E-state index in [9.17, 15) is 17.6 Å². The third-order valence-electron chi connectivity index (χ3n) is 3.34. The van der Waals surface area contributed by atoms with Crippen molar-refractivity contribution in [2.45, 2.75) is 20.2 Å². The summed E-state index contributed by atoms with van der Waals surface area (Å²) in [6.45, 7) is 3.43. The molecule has 0 saturated carbocycles. The molecule has 0 N–H and O–H groups in total. The highest BCUT2D eigenvalue weighted by Gasteiger charge is 2.31. The number of fused-ring (bicyclic) bond motifs is 1. The Hall–Kier alpha value is -2.55. The minimum Gasteiger partial charge on any atom is -0.406 e. The number of aryl methyl sites for hydroxylation is 2. The number of hydrogen-bond donors (Lipinski definition) is 0. The van der Waals surface area contributed by atoms with Crippen LogP contribution >= 0.6 is 11.6 Å². The van der Waals surface area contributed by atoms with Gasteiger partial charge in [-0.1, -0.05) is 0 Å². The lowest BCUT2D eigenvalue weighted by molar-refractivity contribution is -0.274. The topological polar surface area (TPSA) is 60.8 Å². The van der Waals surface area contributed by atoms with E-state index in [0.717, 1.165) is 12.1 Å². The van der Waals surface area contributed by atoms with Gasteiger partial charge < -0.3 is 4.74 Å². The Kier molecular flexibility index (Phi) is 4.19. The predicted octanol–water partition coefficient (Wildman–Crippen LogP) is 4.39. The fraction of sp³-hybridized carbons (Fsp3) is 0.200. The fourth-order valence-corrected chi connectivity index (χ4v) is 2.32. The van der Waals surface area contributed by atoms with Gasteiger partial charge in [-0.3, -0.25) is 0 Å². The van der Waals surface area contributed by atoms with Crippen molar-refractivity contribution >= 4 is 22.8 Å². The molecule has 0 unspecified atom stereocenters. The van der Waals surface area contributed by atoms with Crippen LogP contribution in [0.1, 0.15) is 11.4 Å². The molecule has 0 aliphatic heterocycles. The quantitative estimate of drug-likeness (QED) is 0.493. The highest BCUT2D eigenvalue weighted by Crippen LogP contribution is 2.31. The van der Waals surface area contributed by atoms with Crippen LogP contribution in [0.15, 0.2) is 18.2 Å². The first kappa shape index (κ1) is 17.3. The molecule has 10 heteroatoms. The van der Waals surface area contributed by atoms with Crippen LogP contribution < -0.4 is 4.74 Å². The molecule has 25 heavy (non-hydrogen) atoms. The zero-order valence-corrected chi connectivity index (χ0v) is 13.6. The third-order valence-corrected chi connectivity index (χ3v) is 3.51. The summed E-state index contributed by atoms with van der Waals surface area (Å²) in [4.78, 5) is 16.4. The summed E-state index contributed by atoms with van der Waals surface area (Å²) in [6, 6.07) is 2.69. The Morgan fingerprint density at radius 3 is 2.32 bits per heavy atom. The molecule has 0 aliphatic carbocycles. The first-order valence-corrected chi connectivity index (χ1v) is 7.26. The third kappa shape index (κ3) is 3.60. The van der Waals surface area contributed by atoms with Crippen molar-refractivity contribution in [1.82, 2.24) is 19.9 Å². The number of halogens is 5. The van der Waals surface area contributed by atoms with Gasteiger partial charge in [0.1, 0.15) is 22.8 Å². The molecule has 2 heterocycles. The van der Waals surface area contributed by atoms with E-state index in [0.29, 0.717) is 17.5 Å². The van der Waals surface area contributed by atoms with Crippen LogP contribution in [0.25, 0.3) is 22.4 Å². The second-order valence-corrected chi connectivity index (χ2v) is 5.44. The number of benzene rings is 1. The fourth-order valence-electron chi connectivity index (χ4n) is 2.16. The molecule has 0 atom stereocenters. The average Bonchev–Trinajstić information content (AvgIpc) is 2.47. The van der Waals surface area contributed by atoms with Gasteiger partial charge in [-0.15, -0.1) is 13.2 Å². The van der Waals surface area contributed by atoms with Gasteiger partial charge in [-0.05, 0) is 37.6 Å². The zero-order valence-electron chi connectivity index (χ0n) is 12.8. The smallest absolute Gasteiger partial charge is 0.406 e. The SMILES string of the molecule is Cc1nc2nc(Cl)nc(-c3ccc(OC(F)(F)F)cc3F)c2nc1C. The molecule has 3 rings (SSSR count). The molecule has 2 aromatic heterocycles. The molecular weight excluding hydrogens is 364 g/mol. The summed E-state index contributed by atoms with van der Waals surface area (Å²) in [5, 5.41) is -0.185. The summed E-state index contributed by atoms with van der Waals surface area (Å²) < 4.78 is 54.8. The van der Waals surface area contributed by atoms with Crippen molar-refractivity contribution < 1.29 is 22.3 Å². The van der Waals surface area contributed by atoms with Gasteiger partial charge in [0.05, 0.1) is 11.4 Å². The van der Waals surface area contributed by atoms with Crippen LogP contribution in [-0.4, -0.2) is 26.3 Å². The van der Waals surface area contributed by atoms with Crippen molar-refractivity contribution in [3.8, 4) is 17.0 Å². The minimum atomic E-state index is -4.92. The lowest BCUT2D eigenvalue weighted by atomic mass is 10.1. The molecule has 5 nitrogen and oxygen atoms in total. The van der Waals surface area contributed by atoms with Gasteiger partial charge in [0, 0.05) is 11.6 Å². The Balaban J connectivity index is 2.18. The lowest BCUT2D eigenvalue weighted by Gasteiger charge is -2.11. The zero-order chi connectivity index (χ0) is 18.4. The van der Waals surface area contributed by atoms with Crippen LogP contribution in [0.3, 0.4) is 0 Å². The van der Waals surface area contributed by atoms with E-state index < -0.39 is 17.9 Å². The van der Waals surface area contributed by atoms with Crippen LogP contribution in [0.4, 0.5) is 17.6 Å². The summed E-state index contributed by atoms with van der Waals surface area (Å²) >= 11 is 5.85. The van der Waals surface area contributed by atoms with Crippen LogP contribution in [-0.2, 0) is 0 Å². The molecule has 0 amide bonds. The van der Waals surface area contributed by atoms with Crippen molar-refractivity contribution in [3.05, 3.63) is 40.7 Å². The Morgan fingerprint density at radius 1 is 1.00 bits per heavy atom. The normalized spacial score (nSPS) is 11.8. The summed E-state index contributed by atoms with van der Waals surface area (Å²) in [6.07, 6.45) is -4.92. The average molecular weight is 373 g/mol. The van der Waals surface area contributed by atoms with Crippen molar-refractivity contribution in [1.29, 1.82) is 0 Å². The lowest BCUT2D eigenvalue weighted by Crippen LogP contribution is -2.17. The first-order chi connectivity index (χ1) is 11.6. The van der Waals surface area contributed by atoms with Gasteiger partial charge in [0.25, 0.3) is 0 Å². The van der Waals surface area contributed by atoms with Crippen LogP contribution in [0.2, 0.25) is 5.28 Å². The molecule has 0 aliphatic rings. The summed E-state index contributed by atoms with van der Waals surface area (Å²) in [7, 11) is 0. The minimum absolute atomic E-state index is 0.0293. The van der Waals surface area contributed by atoms with Crippen molar-refractivity contribution in [3.63, 3.8) is 0 Å². The van der Waals surface area contributed by atoms with E-state index in [1.807, 2.05) is 0 Å². The van der Waals surface area contributed by atoms with Crippen molar-refractivity contribution in [2.75, 3.05) is 0 Å². The second kappa shape index (κ2) is 6.07. The van der Waals surface area contributed by atoms with Gasteiger partial charge in [-0.25, -0.2) is 19.3 Å². The van der Waals surface area contributed by atoms with Gasteiger partial charge in [-0.2, -0.15) is 4.98 Å². The highest BCUT2D eigenvalue weighted by molar-refractivity contribution is 6.28. The highest BCUT2D eigenvalue weighted by atomic mass is 35.5. The number of rotatable bonds is 2. The number of ether oxygens (including phenoxy) is 1. The number of aromatic nitrogens is 4. The maximum Gasteiger partial charge on any atom is 0.573 e. The second-order valence-electron chi connectivity index (χ2n) is 5.10. The molecule has 0 saturated heterocycles. The summed E-state index contributed by atoms with van der Waals surface area (Å²) in [5.74, 6) is -1.66. The largest absolute Gasteiger partial charge is 0.573 e. The van der Waals surface area contributed by atoms with E-state index in [1.54, 1.807) is 13.8 Å². The molecule has 0 fully saturated rings. The van der Waals surface area contributed by atoms with Gasteiger partial charge in [0.15, 0.2) is 5.65 Å².